The number of hydrogen-bond donors (Lipinski definition) is 2. The quantitative estimate of drug-likeness (QED) is 0.760. The molecule has 118 valence electrons. The van der Waals surface area contributed by atoms with E-state index in [-0.39, 0.29) is 6.61 Å². The zero-order valence-corrected chi connectivity index (χ0v) is 12.7. The predicted octanol–water partition coefficient (Wildman–Crippen LogP) is 0.345. The molecule has 0 saturated carbocycles. The van der Waals surface area contributed by atoms with Gasteiger partial charge in [-0.1, -0.05) is 18.2 Å². The number of aliphatic hydroxyl groups is 2. The van der Waals surface area contributed by atoms with Crippen LogP contribution in [0.4, 0.5) is 0 Å². The van der Waals surface area contributed by atoms with E-state index in [0.29, 0.717) is 13.2 Å². The number of β-amino-alcohol motifs (C(OH)–C–C–N with tert-alkyl or cyclic N) is 2. The molecular weight excluding hydrogens is 268 g/mol. The monoisotopic (exact) mass is 294 g/mol. The zero-order valence-electron chi connectivity index (χ0n) is 12.7. The van der Waals surface area contributed by atoms with Crippen LogP contribution in [0.2, 0.25) is 0 Å². The van der Waals surface area contributed by atoms with Crippen LogP contribution in [0.25, 0.3) is 0 Å². The van der Waals surface area contributed by atoms with Crippen molar-refractivity contribution in [1.82, 2.24) is 9.80 Å². The molecule has 21 heavy (non-hydrogen) atoms. The maximum absolute atomic E-state index is 10.1. The van der Waals surface area contributed by atoms with Gasteiger partial charge in [0.15, 0.2) is 0 Å². The second kappa shape index (κ2) is 8.34. The van der Waals surface area contributed by atoms with Gasteiger partial charge >= 0.3 is 0 Å². The third kappa shape index (κ3) is 5.28. The number of benzene rings is 1. The lowest BCUT2D eigenvalue weighted by Crippen LogP contribution is -2.49. The second-order valence-corrected chi connectivity index (χ2v) is 5.60. The molecule has 0 bridgehead atoms. The van der Waals surface area contributed by atoms with Gasteiger partial charge in [-0.15, -0.1) is 0 Å². The predicted molar refractivity (Wildman–Crippen MR) is 82.6 cm³/mol. The van der Waals surface area contributed by atoms with Crippen LogP contribution < -0.4 is 4.74 Å². The molecule has 1 aliphatic heterocycles. The lowest BCUT2D eigenvalue weighted by atomic mass is 10.2. The summed E-state index contributed by atoms with van der Waals surface area (Å²) in [5.41, 5.74) is 1.09. The summed E-state index contributed by atoms with van der Waals surface area (Å²) in [6.07, 6.45) is -0.478. The first kappa shape index (κ1) is 16.2. The van der Waals surface area contributed by atoms with E-state index in [2.05, 4.69) is 9.80 Å². The van der Waals surface area contributed by atoms with Crippen LogP contribution in [0.3, 0.4) is 0 Å². The highest BCUT2D eigenvalue weighted by molar-refractivity contribution is 5.31. The van der Waals surface area contributed by atoms with Crippen molar-refractivity contribution >= 4 is 0 Å². The molecule has 1 heterocycles. The average molecular weight is 294 g/mol. The third-order valence-corrected chi connectivity index (χ3v) is 3.87. The molecular formula is C16H26N2O3. The first-order valence-electron chi connectivity index (χ1n) is 7.61. The van der Waals surface area contributed by atoms with Crippen LogP contribution in [-0.4, -0.2) is 78.6 Å². The number of aliphatic hydroxyl groups excluding tert-OH is 2. The van der Waals surface area contributed by atoms with E-state index in [1.54, 1.807) is 0 Å². The summed E-state index contributed by atoms with van der Waals surface area (Å²) in [6, 6.07) is 7.84. The summed E-state index contributed by atoms with van der Waals surface area (Å²) in [7, 11) is 0. The van der Waals surface area contributed by atoms with E-state index in [4.69, 9.17) is 9.84 Å². The van der Waals surface area contributed by atoms with Crippen molar-refractivity contribution in [1.29, 1.82) is 0 Å². The summed E-state index contributed by atoms with van der Waals surface area (Å²) >= 11 is 0. The van der Waals surface area contributed by atoms with E-state index in [1.165, 1.54) is 0 Å². The molecule has 1 saturated heterocycles. The molecule has 0 spiro atoms. The van der Waals surface area contributed by atoms with E-state index >= 15 is 0 Å². The highest BCUT2D eigenvalue weighted by atomic mass is 16.5. The molecule has 1 atom stereocenters. The highest BCUT2D eigenvalue weighted by Gasteiger charge is 2.19. The maximum Gasteiger partial charge on any atom is 0.122 e. The molecule has 1 aromatic rings. The lowest BCUT2D eigenvalue weighted by Gasteiger charge is -2.35. The van der Waals surface area contributed by atoms with Gasteiger partial charge in [-0.3, -0.25) is 9.80 Å². The number of hydrogen-bond acceptors (Lipinski definition) is 5. The Morgan fingerprint density at radius 3 is 2.48 bits per heavy atom. The van der Waals surface area contributed by atoms with Crippen LogP contribution >= 0.6 is 0 Å². The van der Waals surface area contributed by atoms with Crippen LogP contribution in [0, 0.1) is 6.92 Å². The van der Waals surface area contributed by atoms with Gasteiger partial charge in [0.05, 0.1) is 6.61 Å². The second-order valence-electron chi connectivity index (χ2n) is 5.60. The van der Waals surface area contributed by atoms with Crippen molar-refractivity contribution in [2.45, 2.75) is 13.0 Å². The molecule has 0 aliphatic carbocycles. The minimum atomic E-state index is -0.478. The Morgan fingerprint density at radius 2 is 1.81 bits per heavy atom. The van der Waals surface area contributed by atoms with Crippen molar-refractivity contribution in [3.8, 4) is 5.75 Å². The summed E-state index contributed by atoms with van der Waals surface area (Å²) in [5, 5.41) is 19.0. The third-order valence-electron chi connectivity index (χ3n) is 3.87. The summed E-state index contributed by atoms with van der Waals surface area (Å²) in [5.74, 6) is 0.837. The topological polar surface area (TPSA) is 56.2 Å². The number of para-hydroxylation sites is 1. The Hall–Kier alpha value is -1.14. The molecule has 1 aromatic carbocycles. The standard InChI is InChI=1S/C16H26N2O3/c1-14-4-2-3-5-16(14)21-13-15(20)12-18-8-6-17(7-9-18)10-11-19/h2-5,15,19-20H,6-13H2,1H3/t15-/m1/s1. The molecule has 0 unspecified atom stereocenters. The van der Waals surface area contributed by atoms with Gasteiger partial charge in [0, 0.05) is 39.3 Å². The van der Waals surface area contributed by atoms with Gasteiger partial charge in [0.1, 0.15) is 18.5 Å². The number of aryl methyl sites for hydroxylation is 1. The minimum Gasteiger partial charge on any atom is -0.491 e. The highest BCUT2D eigenvalue weighted by Crippen LogP contribution is 2.16. The van der Waals surface area contributed by atoms with Crippen molar-refractivity contribution < 1.29 is 14.9 Å². The fourth-order valence-electron chi connectivity index (χ4n) is 2.59. The van der Waals surface area contributed by atoms with E-state index in [9.17, 15) is 5.11 Å². The molecule has 2 N–H and O–H groups in total. The normalized spacial score (nSPS) is 18.6. The van der Waals surface area contributed by atoms with Crippen molar-refractivity contribution in [3.05, 3.63) is 29.8 Å². The Balaban J connectivity index is 1.68. The summed E-state index contributed by atoms with van der Waals surface area (Å²) in [4.78, 5) is 4.49. The first-order chi connectivity index (χ1) is 10.2. The van der Waals surface area contributed by atoms with Crippen LogP contribution in [0.15, 0.2) is 24.3 Å². The molecule has 5 heteroatoms. The zero-order chi connectivity index (χ0) is 15.1. The minimum absolute atomic E-state index is 0.215. The van der Waals surface area contributed by atoms with Crippen LogP contribution in [0.1, 0.15) is 5.56 Å². The number of piperazine rings is 1. The van der Waals surface area contributed by atoms with Gasteiger partial charge in [0.25, 0.3) is 0 Å². The molecule has 0 aromatic heterocycles. The smallest absolute Gasteiger partial charge is 0.122 e. The molecule has 5 nitrogen and oxygen atoms in total. The van der Waals surface area contributed by atoms with Crippen LogP contribution in [-0.2, 0) is 0 Å². The molecule has 2 rings (SSSR count). The fraction of sp³-hybridized carbons (Fsp3) is 0.625. The Kier molecular flexibility index (Phi) is 6.45. The van der Waals surface area contributed by atoms with Gasteiger partial charge in [0.2, 0.25) is 0 Å². The van der Waals surface area contributed by atoms with Crippen molar-refractivity contribution in [2.24, 2.45) is 0 Å². The van der Waals surface area contributed by atoms with Crippen LogP contribution in [0.5, 0.6) is 5.75 Å². The van der Waals surface area contributed by atoms with Gasteiger partial charge < -0.3 is 14.9 Å². The first-order valence-corrected chi connectivity index (χ1v) is 7.61. The fourth-order valence-corrected chi connectivity index (χ4v) is 2.59. The number of ether oxygens (including phenoxy) is 1. The lowest BCUT2D eigenvalue weighted by molar-refractivity contribution is 0.0427. The number of nitrogens with zero attached hydrogens (tertiary/aromatic N) is 2. The van der Waals surface area contributed by atoms with Gasteiger partial charge in [-0.05, 0) is 18.6 Å². The van der Waals surface area contributed by atoms with Crippen molar-refractivity contribution in [2.75, 3.05) is 52.5 Å². The Labute approximate surface area is 126 Å². The Bertz CT molecular complexity index is 420. The van der Waals surface area contributed by atoms with E-state index in [0.717, 1.165) is 44.0 Å². The molecule has 1 aliphatic rings. The largest absolute Gasteiger partial charge is 0.491 e. The van der Waals surface area contributed by atoms with E-state index in [1.807, 2.05) is 31.2 Å². The van der Waals surface area contributed by atoms with Gasteiger partial charge in [-0.2, -0.15) is 0 Å². The molecule has 0 amide bonds. The number of rotatable bonds is 7. The molecule has 1 fully saturated rings. The maximum atomic E-state index is 10.1. The average Bonchev–Trinajstić information content (AvgIpc) is 2.49. The molecule has 0 radical (unpaired) electrons. The van der Waals surface area contributed by atoms with E-state index < -0.39 is 6.10 Å². The Morgan fingerprint density at radius 1 is 1.14 bits per heavy atom. The van der Waals surface area contributed by atoms with Gasteiger partial charge in [-0.25, -0.2) is 0 Å². The summed E-state index contributed by atoms with van der Waals surface area (Å²) < 4.78 is 5.68. The van der Waals surface area contributed by atoms with Crippen molar-refractivity contribution in [3.63, 3.8) is 0 Å². The SMILES string of the molecule is Cc1ccccc1OC[C@H](O)CN1CCN(CCO)CC1. The summed E-state index contributed by atoms with van der Waals surface area (Å²) in [6.45, 7) is 7.68.